The zero-order valence-corrected chi connectivity index (χ0v) is 14.2. The van der Waals surface area contributed by atoms with Gasteiger partial charge in [0, 0.05) is 24.6 Å². The molecule has 2 aromatic carbocycles. The molecule has 0 radical (unpaired) electrons. The van der Waals surface area contributed by atoms with Gasteiger partial charge in [0.05, 0.1) is 11.6 Å². The van der Waals surface area contributed by atoms with E-state index in [0.717, 1.165) is 11.9 Å². The first kappa shape index (κ1) is 18.2. The second-order valence-corrected chi connectivity index (χ2v) is 5.64. The largest absolute Gasteiger partial charge is 0.421 e. The number of hydrogen-bond acceptors (Lipinski definition) is 5. The van der Waals surface area contributed by atoms with E-state index in [9.17, 15) is 13.2 Å². The number of nitrogens with one attached hydrogen (secondary N) is 1. The van der Waals surface area contributed by atoms with Gasteiger partial charge in [-0.25, -0.2) is 4.98 Å². The number of hydrogen-bond donors (Lipinski definition) is 1. The summed E-state index contributed by atoms with van der Waals surface area (Å²) in [5.41, 5.74) is 0.550. The van der Waals surface area contributed by atoms with Gasteiger partial charge in [-0.15, -0.1) is 0 Å². The first-order chi connectivity index (χ1) is 12.9. The Morgan fingerprint density at radius 1 is 1.04 bits per heavy atom. The molecular weight excluding hydrogens is 355 g/mol. The predicted octanol–water partition coefficient (Wildman–Crippen LogP) is 4.88. The van der Waals surface area contributed by atoms with Gasteiger partial charge >= 0.3 is 6.18 Å². The molecule has 0 atom stereocenters. The summed E-state index contributed by atoms with van der Waals surface area (Å²) < 4.78 is 40.0. The van der Waals surface area contributed by atoms with E-state index in [1.165, 1.54) is 24.3 Å². The van der Waals surface area contributed by atoms with Crippen molar-refractivity contribution in [2.45, 2.75) is 6.18 Å². The monoisotopic (exact) mass is 369 g/mol. The molecule has 0 aliphatic heterocycles. The highest BCUT2D eigenvalue weighted by molar-refractivity contribution is 5.64. The number of halogens is 3. The van der Waals surface area contributed by atoms with Gasteiger partial charge in [0.1, 0.15) is 11.4 Å². The van der Waals surface area contributed by atoms with Crippen molar-refractivity contribution in [3.8, 4) is 6.07 Å². The van der Waals surface area contributed by atoms with Crippen molar-refractivity contribution in [2.75, 3.05) is 17.3 Å². The topological polar surface area (TPSA) is 64.8 Å². The second-order valence-electron chi connectivity index (χ2n) is 5.64. The highest BCUT2D eigenvalue weighted by Gasteiger charge is 2.35. The first-order valence-electron chi connectivity index (χ1n) is 7.88. The molecule has 0 aliphatic carbocycles. The SMILES string of the molecule is CN(c1ccccc1)c1ncc(C(F)(F)F)c(Nc2ccc(C#N)cc2)n1. The minimum absolute atomic E-state index is 0.116. The van der Waals surface area contributed by atoms with Gasteiger partial charge in [-0.1, -0.05) is 18.2 Å². The number of nitrogens with zero attached hydrogens (tertiary/aromatic N) is 4. The molecule has 1 heterocycles. The molecule has 3 rings (SSSR count). The molecule has 0 saturated carbocycles. The maximum absolute atomic E-state index is 13.3. The van der Waals surface area contributed by atoms with Crippen LogP contribution in [-0.4, -0.2) is 17.0 Å². The third-order valence-corrected chi connectivity index (χ3v) is 3.80. The van der Waals surface area contributed by atoms with Crippen LogP contribution in [0.3, 0.4) is 0 Å². The van der Waals surface area contributed by atoms with Crippen molar-refractivity contribution in [3.05, 3.63) is 71.9 Å². The fourth-order valence-corrected chi connectivity index (χ4v) is 2.37. The lowest BCUT2D eigenvalue weighted by atomic mass is 10.2. The number of rotatable bonds is 4. The van der Waals surface area contributed by atoms with E-state index in [1.54, 1.807) is 24.1 Å². The van der Waals surface area contributed by atoms with Crippen molar-refractivity contribution in [1.82, 2.24) is 9.97 Å². The first-order valence-corrected chi connectivity index (χ1v) is 7.88. The van der Waals surface area contributed by atoms with E-state index in [1.807, 2.05) is 24.3 Å². The molecule has 3 aromatic rings. The van der Waals surface area contributed by atoms with Crippen molar-refractivity contribution in [3.63, 3.8) is 0 Å². The number of nitriles is 1. The molecule has 8 heteroatoms. The average molecular weight is 369 g/mol. The lowest BCUT2D eigenvalue weighted by Crippen LogP contribution is -2.17. The molecule has 0 aliphatic rings. The molecule has 0 unspecified atom stereocenters. The van der Waals surface area contributed by atoms with Crippen molar-refractivity contribution in [2.24, 2.45) is 0 Å². The van der Waals surface area contributed by atoms with E-state index in [-0.39, 0.29) is 11.8 Å². The third-order valence-electron chi connectivity index (χ3n) is 3.80. The summed E-state index contributed by atoms with van der Waals surface area (Å²) in [4.78, 5) is 9.52. The summed E-state index contributed by atoms with van der Waals surface area (Å²) in [7, 11) is 1.67. The Morgan fingerprint density at radius 2 is 1.70 bits per heavy atom. The lowest BCUT2D eigenvalue weighted by Gasteiger charge is -2.20. The Bertz CT molecular complexity index is 963. The maximum Gasteiger partial charge on any atom is 0.421 e. The molecule has 0 amide bonds. The van der Waals surface area contributed by atoms with Gasteiger partial charge < -0.3 is 10.2 Å². The second kappa shape index (κ2) is 7.33. The van der Waals surface area contributed by atoms with Crippen LogP contribution in [0.25, 0.3) is 0 Å². The Labute approximate surface area is 153 Å². The van der Waals surface area contributed by atoms with Gasteiger partial charge in [-0.2, -0.15) is 23.4 Å². The quantitative estimate of drug-likeness (QED) is 0.710. The van der Waals surface area contributed by atoms with Gasteiger partial charge in [-0.05, 0) is 36.4 Å². The Morgan fingerprint density at radius 3 is 2.30 bits per heavy atom. The smallest absolute Gasteiger partial charge is 0.340 e. The molecule has 0 bridgehead atoms. The zero-order valence-electron chi connectivity index (χ0n) is 14.2. The highest BCUT2D eigenvalue weighted by atomic mass is 19.4. The molecule has 136 valence electrons. The van der Waals surface area contributed by atoms with Crippen LogP contribution in [0.4, 0.5) is 36.3 Å². The normalized spacial score (nSPS) is 10.9. The average Bonchev–Trinajstić information content (AvgIpc) is 2.68. The maximum atomic E-state index is 13.3. The predicted molar refractivity (Wildman–Crippen MR) is 96.0 cm³/mol. The van der Waals surface area contributed by atoms with Gasteiger partial charge in [0.25, 0.3) is 0 Å². The summed E-state index contributed by atoms with van der Waals surface area (Å²) in [6.07, 6.45) is -3.85. The molecule has 5 nitrogen and oxygen atoms in total. The van der Waals surface area contributed by atoms with Crippen LogP contribution in [-0.2, 0) is 6.18 Å². The van der Waals surface area contributed by atoms with Crippen LogP contribution in [0.2, 0.25) is 0 Å². The van der Waals surface area contributed by atoms with Crippen molar-refractivity contribution >= 4 is 23.1 Å². The minimum Gasteiger partial charge on any atom is -0.340 e. The van der Waals surface area contributed by atoms with E-state index in [2.05, 4.69) is 15.3 Å². The van der Waals surface area contributed by atoms with Gasteiger partial charge in [-0.3, -0.25) is 0 Å². The summed E-state index contributed by atoms with van der Waals surface area (Å²) >= 11 is 0. The Kier molecular flexibility index (Phi) is 4.94. The molecule has 0 spiro atoms. The number of anilines is 4. The third kappa shape index (κ3) is 4.15. The molecular formula is C19H14F3N5. The standard InChI is InChI=1S/C19H14F3N5/c1-27(15-5-3-2-4-6-15)18-24-12-16(19(20,21)22)17(26-18)25-14-9-7-13(11-23)8-10-14/h2-10,12H,1H3,(H,24,25,26). The van der Waals surface area contributed by atoms with Crippen LogP contribution >= 0.6 is 0 Å². The van der Waals surface area contributed by atoms with Crippen LogP contribution in [0.15, 0.2) is 60.8 Å². The molecule has 0 saturated heterocycles. The fraction of sp³-hybridized carbons (Fsp3) is 0.105. The number of para-hydroxylation sites is 1. The van der Waals surface area contributed by atoms with E-state index < -0.39 is 11.7 Å². The molecule has 27 heavy (non-hydrogen) atoms. The van der Waals surface area contributed by atoms with E-state index in [4.69, 9.17) is 5.26 Å². The zero-order chi connectivity index (χ0) is 19.4. The Balaban J connectivity index is 1.99. The minimum atomic E-state index is -4.61. The van der Waals surface area contributed by atoms with Gasteiger partial charge in [0.15, 0.2) is 0 Å². The van der Waals surface area contributed by atoms with Crippen LogP contribution < -0.4 is 10.2 Å². The molecule has 1 N–H and O–H groups in total. The van der Waals surface area contributed by atoms with Crippen LogP contribution in [0.1, 0.15) is 11.1 Å². The van der Waals surface area contributed by atoms with Gasteiger partial charge in [0.2, 0.25) is 5.95 Å². The van der Waals surface area contributed by atoms with E-state index in [0.29, 0.717) is 11.3 Å². The number of alkyl halides is 3. The van der Waals surface area contributed by atoms with Crippen LogP contribution in [0.5, 0.6) is 0 Å². The lowest BCUT2D eigenvalue weighted by molar-refractivity contribution is -0.137. The summed E-state index contributed by atoms with van der Waals surface area (Å²) in [6, 6.07) is 17.1. The van der Waals surface area contributed by atoms with Crippen molar-refractivity contribution in [1.29, 1.82) is 5.26 Å². The fourth-order valence-electron chi connectivity index (χ4n) is 2.37. The Hall–Kier alpha value is -3.60. The number of aromatic nitrogens is 2. The summed E-state index contributed by atoms with van der Waals surface area (Å²) in [5, 5.41) is 11.5. The highest BCUT2D eigenvalue weighted by Crippen LogP contribution is 2.36. The summed E-state index contributed by atoms with van der Waals surface area (Å²) in [5.74, 6) is -0.245. The molecule has 1 aromatic heterocycles. The van der Waals surface area contributed by atoms with E-state index >= 15 is 0 Å². The molecule has 0 fully saturated rings. The van der Waals surface area contributed by atoms with Crippen molar-refractivity contribution < 1.29 is 13.2 Å². The summed E-state index contributed by atoms with van der Waals surface area (Å²) in [6.45, 7) is 0. The number of benzene rings is 2. The van der Waals surface area contributed by atoms with Crippen LogP contribution in [0, 0.1) is 11.3 Å².